The molecule has 0 aromatic heterocycles. The molecule has 4 N–H and O–H groups in total. The fraction of sp³-hybridized carbons (Fsp3) is 0.263. The highest BCUT2D eigenvalue weighted by Crippen LogP contribution is 2.23. The molecule has 0 aliphatic carbocycles. The molecular weight excluding hydrogens is 376 g/mol. The first-order valence-electron chi connectivity index (χ1n) is 8.30. The van der Waals surface area contributed by atoms with Crippen LogP contribution in [0.15, 0.2) is 42.5 Å². The third-order valence-electron chi connectivity index (χ3n) is 4.29. The van der Waals surface area contributed by atoms with Gasteiger partial charge in [-0.05, 0) is 41.8 Å². The average molecular weight is 396 g/mol. The zero-order chi connectivity index (χ0) is 18.7. The molecule has 2 atom stereocenters. The number of halogens is 3. The van der Waals surface area contributed by atoms with Crippen molar-refractivity contribution in [3.8, 4) is 0 Å². The molecule has 144 valence electrons. The molecule has 5 nitrogen and oxygen atoms in total. The number of hydrogen-bond acceptors (Lipinski definition) is 3. The zero-order valence-electron chi connectivity index (χ0n) is 14.4. The van der Waals surface area contributed by atoms with Crippen molar-refractivity contribution >= 4 is 29.9 Å². The van der Waals surface area contributed by atoms with E-state index in [0.717, 1.165) is 0 Å². The van der Waals surface area contributed by atoms with E-state index >= 15 is 0 Å². The highest BCUT2D eigenvalue weighted by atomic mass is 35.5. The van der Waals surface area contributed by atoms with Gasteiger partial charge in [-0.2, -0.15) is 0 Å². The quantitative estimate of drug-likeness (QED) is 0.726. The summed E-state index contributed by atoms with van der Waals surface area (Å²) in [5.74, 6) is -1.54. The maximum atomic E-state index is 13.6. The maximum absolute atomic E-state index is 13.6. The van der Waals surface area contributed by atoms with Crippen molar-refractivity contribution in [3.63, 3.8) is 0 Å². The van der Waals surface area contributed by atoms with E-state index in [0.29, 0.717) is 16.8 Å². The normalized spacial score (nSPS) is 16.6. The number of benzene rings is 2. The number of nitrogens with two attached hydrogens (primary N) is 1. The van der Waals surface area contributed by atoms with E-state index < -0.39 is 23.8 Å². The van der Waals surface area contributed by atoms with Crippen molar-refractivity contribution < 1.29 is 18.4 Å². The molecule has 8 heteroatoms. The lowest BCUT2D eigenvalue weighted by Crippen LogP contribution is -2.48. The summed E-state index contributed by atoms with van der Waals surface area (Å²) in [6.45, 7) is 0. The van der Waals surface area contributed by atoms with Gasteiger partial charge in [0, 0.05) is 24.6 Å². The van der Waals surface area contributed by atoms with Crippen LogP contribution in [0.2, 0.25) is 0 Å². The molecule has 1 aliphatic heterocycles. The van der Waals surface area contributed by atoms with E-state index in [-0.39, 0.29) is 43.4 Å². The highest BCUT2D eigenvalue weighted by molar-refractivity contribution is 6.00. The van der Waals surface area contributed by atoms with Crippen molar-refractivity contribution in [2.75, 3.05) is 5.32 Å². The number of amides is 2. The Balaban J connectivity index is 0.00000261. The van der Waals surface area contributed by atoms with Crippen LogP contribution in [0.1, 0.15) is 17.5 Å². The number of carbonyl (C=O) groups is 2. The van der Waals surface area contributed by atoms with Crippen molar-refractivity contribution in [2.45, 2.75) is 31.3 Å². The lowest BCUT2D eigenvalue weighted by molar-refractivity contribution is -0.126. The molecule has 2 amide bonds. The Morgan fingerprint density at radius 2 is 2.00 bits per heavy atom. The molecule has 1 aliphatic rings. The molecule has 0 fully saturated rings. The SMILES string of the molecule is Cl.NC(CC(=O)NC1Cc2cc(F)ccc2NC1=O)Cc1ccccc1F. The Hall–Kier alpha value is -2.51. The van der Waals surface area contributed by atoms with E-state index in [4.69, 9.17) is 5.73 Å². The molecular formula is C19H20ClF2N3O2. The molecule has 27 heavy (non-hydrogen) atoms. The van der Waals surface area contributed by atoms with Crippen LogP contribution >= 0.6 is 12.4 Å². The summed E-state index contributed by atoms with van der Waals surface area (Å²) in [5, 5.41) is 5.26. The van der Waals surface area contributed by atoms with Gasteiger partial charge in [0.25, 0.3) is 0 Å². The predicted octanol–water partition coefficient (Wildman–Crippen LogP) is 2.33. The monoisotopic (exact) mass is 395 g/mol. The molecule has 2 unspecified atom stereocenters. The minimum atomic E-state index is -0.794. The highest BCUT2D eigenvalue weighted by Gasteiger charge is 2.28. The molecule has 1 heterocycles. The van der Waals surface area contributed by atoms with Crippen LogP contribution in [-0.4, -0.2) is 23.9 Å². The largest absolute Gasteiger partial charge is 0.344 e. The number of hydrogen-bond donors (Lipinski definition) is 3. The van der Waals surface area contributed by atoms with Gasteiger partial charge in [0.15, 0.2) is 0 Å². The summed E-state index contributed by atoms with van der Waals surface area (Å²) in [6.07, 6.45) is 0.367. The number of nitrogens with one attached hydrogen (secondary N) is 2. The van der Waals surface area contributed by atoms with Gasteiger partial charge in [-0.15, -0.1) is 12.4 Å². The first-order valence-corrected chi connectivity index (χ1v) is 8.30. The molecule has 0 saturated carbocycles. The Kier molecular flexibility index (Phi) is 6.87. The van der Waals surface area contributed by atoms with Crippen LogP contribution in [0, 0.1) is 11.6 Å². The maximum Gasteiger partial charge on any atom is 0.247 e. The van der Waals surface area contributed by atoms with E-state index in [9.17, 15) is 18.4 Å². The van der Waals surface area contributed by atoms with Crippen LogP contribution in [0.3, 0.4) is 0 Å². The number of carbonyl (C=O) groups excluding carboxylic acids is 2. The van der Waals surface area contributed by atoms with Gasteiger partial charge >= 0.3 is 0 Å². The predicted molar refractivity (Wildman–Crippen MR) is 101 cm³/mol. The molecule has 0 spiro atoms. The van der Waals surface area contributed by atoms with E-state index in [1.54, 1.807) is 18.2 Å². The van der Waals surface area contributed by atoms with Gasteiger partial charge in [-0.3, -0.25) is 9.59 Å². The first kappa shape index (κ1) is 20.8. The third-order valence-corrected chi connectivity index (χ3v) is 4.29. The second-order valence-electron chi connectivity index (χ2n) is 6.37. The summed E-state index contributed by atoms with van der Waals surface area (Å²) < 4.78 is 27.0. The van der Waals surface area contributed by atoms with Crippen LogP contribution in [0.4, 0.5) is 14.5 Å². The fourth-order valence-electron chi connectivity index (χ4n) is 3.01. The van der Waals surface area contributed by atoms with E-state index in [1.807, 2.05) is 0 Å². The van der Waals surface area contributed by atoms with Crippen LogP contribution < -0.4 is 16.4 Å². The van der Waals surface area contributed by atoms with Gasteiger partial charge in [0.1, 0.15) is 17.7 Å². The Morgan fingerprint density at radius 3 is 2.74 bits per heavy atom. The lowest BCUT2D eigenvalue weighted by atomic mass is 9.98. The summed E-state index contributed by atoms with van der Waals surface area (Å²) >= 11 is 0. The molecule has 2 aromatic rings. The third kappa shape index (κ3) is 5.24. The summed E-state index contributed by atoms with van der Waals surface area (Å²) in [7, 11) is 0. The molecule has 2 aromatic carbocycles. The summed E-state index contributed by atoms with van der Waals surface area (Å²) in [4.78, 5) is 24.3. The Labute approximate surface area is 161 Å². The van der Waals surface area contributed by atoms with Gasteiger partial charge in [0.2, 0.25) is 11.8 Å². The molecule has 0 bridgehead atoms. The summed E-state index contributed by atoms with van der Waals surface area (Å²) in [5.41, 5.74) is 7.53. The van der Waals surface area contributed by atoms with Crippen LogP contribution in [0.5, 0.6) is 0 Å². The van der Waals surface area contributed by atoms with Crippen molar-refractivity contribution in [1.29, 1.82) is 0 Å². The second kappa shape index (κ2) is 8.92. The zero-order valence-corrected chi connectivity index (χ0v) is 15.2. The van der Waals surface area contributed by atoms with Gasteiger partial charge < -0.3 is 16.4 Å². The van der Waals surface area contributed by atoms with E-state index in [2.05, 4.69) is 10.6 Å². The number of anilines is 1. The Bertz CT molecular complexity index is 847. The standard InChI is InChI=1S/C19H19F2N3O2.ClH/c20-13-5-6-16-12(7-13)9-17(19(26)24-16)23-18(25)10-14(22)8-11-3-1-2-4-15(11)21;/h1-7,14,17H,8-10,22H2,(H,23,25)(H,24,26);1H. The topological polar surface area (TPSA) is 84.2 Å². The van der Waals surface area contributed by atoms with Crippen LogP contribution in [0.25, 0.3) is 0 Å². The number of rotatable bonds is 5. The van der Waals surface area contributed by atoms with Gasteiger partial charge in [-0.25, -0.2) is 8.78 Å². The minimum Gasteiger partial charge on any atom is -0.344 e. The number of fused-ring (bicyclic) bond motifs is 1. The Morgan fingerprint density at radius 1 is 1.26 bits per heavy atom. The molecule has 0 saturated heterocycles. The van der Waals surface area contributed by atoms with Crippen molar-refractivity contribution in [3.05, 3.63) is 65.2 Å². The molecule has 0 radical (unpaired) electrons. The fourth-order valence-corrected chi connectivity index (χ4v) is 3.01. The first-order chi connectivity index (χ1) is 12.4. The van der Waals surface area contributed by atoms with Crippen molar-refractivity contribution in [2.24, 2.45) is 5.73 Å². The van der Waals surface area contributed by atoms with Gasteiger partial charge in [0.05, 0.1) is 0 Å². The lowest BCUT2D eigenvalue weighted by Gasteiger charge is -2.25. The van der Waals surface area contributed by atoms with Gasteiger partial charge in [-0.1, -0.05) is 18.2 Å². The second-order valence-corrected chi connectivity index (χ2v) is 6.37. The minimum absolute atomic E-state index is 0. The smallest absolute Gasteiger partial charge is 0.247 e. The van der Waals surface area contributed by atoms with Crippen molar-refractivity contribution in [1.82, 2.24) is 5.32 Å². The summed E-state index contributed by atoms with van der Waals surface area (Å²) in [6, 6.07) is 8.95. The molecule has 3 rings (SSSR count). The van der Waals surface area contributed by atoms with Crippen LogP contribution in [-0.2, 0) is 22.4 Å². The van der Waals surface area contributed by atoms with E-state index in [1.165, 1.54) is 24.3 Å². The average Bonchev–Trinajstić information content (AvgIpc) is 2.58.